The number of hydrogen-bond donors (Lipinski definition) is 2. The molecule has 1 aliphatic carbocycles. The summed E-state index contributed by atoms with van der Waals surface area (Å²) < 4.78 is 5.47. The zero-order valence-corrected chi connectivity index (χ0v) is 16.9. The van der Waals surface area contributed by atoms with Gasteiger partial charge in [-0.3, -0.25) is 9.89 Å². The quantitative estimate of drug-likeness (QED) is 0.590. The normalized spacial score (nSPS) is 20.7. The second-order valence-corrected chi connectivity index (χ2v) is 8.42. The van der Waals surface area contributed by atoms with Crippen molar-refractivity contribution in [1.82, 2.24) is 15.5 Å². The van der Waals surface area contributed by atoms with E-state index in [1.807, 2.05) is 19.2 Å². The fourth-order valence-corrected chi connectivity index (χ4v) is 3.78. The maximum atomic E-state index is 6.17. The van der Waals surface area contributed by atoms with E-state index in [1.165, 1.54) is 18.4 Å². The molecule has 6 heteroatoms. The Kier molecular flexibility index (Phi) is 6.10. The molecule has 0 unspecified atom stereocenters. The molecule has 0 amide bonds. The van der Waals surface area contributed by atoms with Crippen molar-refractivity contribution < 1.29 is 4.74 Å². The van der Waals surface area contributed by atoms with Crippen LogP contribution in [0, 0.1) is 0 Å². The molecule has 5 nitrogen and oxygen atoms in total. The number of hydrogen-bond acceptors (Lipinski definition) is 3. The summed E-state index contributed by atoms with van der Waals surface area (Å²) in [5.41, 5.74) is 1.58. The van der Waals surface area contributed by atoms with Gasteiger partial charge in [-0.15, -0.1) is 0 Å². The van der Waals surface area contributed by atoms with E-state index in [9.17, 15) is 0 Å². The number of morpholine rings is 1. The van der Waals surface area contributed by atoms with Crippen LogP contribution >= 0.6 is 11.6 Å². The molecule has 1 aromatic carbocycles. The van der Waals surface area contributed by atoms with Gasteiger partial charge >= 0.3 is 0 Å². The van der Waals surface area contributed by atoms with Gasteiger partial charge in [-0.1, -0.05) is 23.7 Å². The smallest absolute Gasteiger partial charge is 0.191 e. The van der Waals surface area contributed by atoms with Crippen LogP contribution in [0.4, 0.5) is 0 Å². The molecule has 1 aromatic rings. The predicted octanol–water partition coefficient (Wildman–Crippen LogP) is 2.65. The van der Waals surface area contributed by atoms with Gasteiger partial charge in [0.05, 0.1) is 13.2 Å². The van der Waals surface area contributed by atoms with Gasteiger partial charge in [-0.25, -0.2) is 0 Å². The van der Waals surface area contributed by atoms with Gasteiger partial charge in [0.1, 0.15) is 0 Å². The number of benzene rings is 1. The van der Waals surface area contributed by atoms with Gasteiger partial charge in [0.15, 0.2) is 5.96 Å². The molecule has 0 spiro atoms. The zero-order chi connectivity index (χ0) is 18.6. The standard InChI is InChI=1S/C20H31ClN4O/c1-19(2,25-9-11-26-12-10-25)14-23-18(22-3)24-15-20(7-8-20)16-5-4-6-17(21)13-16/h4-6,13H,7-12,14-15H2,1-3H3,(H2,22,23,24). The van der Waals surface area contributed by atoms with Crippen molar-refractivity contribution in [2.75, 3.05) is 46.4 Å². The first kappa shape index (κ1) is 19.5. The maximum Gasteiger partial charge on any atom is 0.191 e. The molecule has 0 aromatic heterocycles. The summed E-state index contributed by atoms with van der Waals surface area (Å²) in [6.45, 7) is 9.87. The fourth-order valence-electron chi connectivity index (χ4n) is 3.59. The lowest BCUT2D eigenvalue weighted by atomic mass is 9.96. The van der Waals surface area contributed by atoms with Crippen LogP contribution in [0.5, 0.6) is 0 Å². The summed E-state index contributed by atoms with van der Waals surface area (Å²) in [7, 11) is 1.83. The molecular weight excluding hydrogens is 348 g/mol. The van der Waals surface area contributed by atoms with E-state index in [0.717, 1.165) is 50.4 Å². The van der Waals surface area contributed by atoms with Gasteiger partial charge in [0.2, 0.25) is 0 Å². The molecule has 144 valence electrons. The summed E-state index contributed by atoms with van der Waals surface area (Å²) in [6, 6.07) is 8.24. The summed E-state index contributed by atoms with van der Waals surface area (Å²) in [4.78, 5) is 6.88. The first-order valence-corrected chi connectivity index (χ1v) is 9.86. The summed E-state index contributed by atoms with van der Waals surface area (Å²) in [6.07, 6.45) is 2.38. The highest BCUT2D eigenvalue weighted by atomic mass is 35.5. The van der Waals surface area contributed by atoms with Crippen molar-refractivity contribution >= 4 is 17.6 Å². The van der Waals surface area contributed by atoms with Gasteiger partial charge in [-0.05, 0) is 44.4 Å². The Morgan fingerprint density at radius 2 is 2.00 bits per heavy atom. The average molecular weight is 379 g/mol. The minimum atomic E-state index is 0.0611. The molecule has 0 atom stereocenters. The highest BCUT2D eigenvalue weighted by molar-refractivity contribution is 6.30. The van der Waals surface area contributed by atoms with E-state index in [1.54, 1.807) is 0 Å². The molecule has 1 saturated carbocycles. The molecule has 2 aliphatic rings. The van der Waals surface area contributed by atoms with Crippen LogP contribution in [0.3, 0.4) is 0 Å². The second kappa shape index (κ2) is 8.15. The van der Waals surface area contributed by atoms with E-state index < -0.39 is 0 Å². The van der Waals surface area contributed by atoms with Crippen LogP contribution in [0.2, 0.25) is 5.02 Å². The van der Waals surface area contributed by atoms with Crippen LogP contribution in [0.15, 0.2) is 29.3 Å². The van der Waals surface area contributed by atoms with E-state index in [4.69, 9.17) is 16.3 Å². The lowest BCUT2D eigenvalue weighted by molar-refractivity contribution is -0.00834. The van der Waals surface area contributed by atoms with Crippen molar-refractivity contribution in [2.24, 2.45) is 4.99 Å². The fraction of sp³-hybridized carbons (Fsp3) is 0.650. The molecule has 26 heavy (non-hydrogen) atoms. The average Bonchev–Trinajstić information content (AvgIpc) is 3.44. The van der Waals surface area contributed by atoms with Crippen molar-refractivity contribution in [2.45, 2.75) is 37.6 Å². The highest BCUT2D eigenvalue weighted by Gasteiger charge is 2.44. The Bertz CT molecular complexity index is 636. The highest BCUT2D eigenvalue weighted by Crippen LogP contribution is 2.48. The molecule has 1 heterocycles. The monoisotopic (exact) mass is 378 g/mol. The first-order chi connectivity index (χ1) is 12.5. The van der Waals surface area contributed by atoms with E-state index in [0.29, 0.717) is 0 Å². The zero-order valence-electron chi connectivity index (χ0n) is 16.1. The molecule has 3 rings (SSSR count). The Morgan fingerprint density at radius 1 is 1.27 bits per heavy atom. The minimum absolute atomic E-state index is 0.0611. The lowest BCUT2D eigenvalue weighted by Gasteiger charge is -2.41. The van der Waals surface area contributed by atoms with Gasteiger partial charge in [0, 0.05) is 49.2 Å². The molecule has 2 N–H and O–H groups in total. The lowest BCUT2D eigenvalue weighted by Crippen LogP contribution is -2.56. The molecule has 1 saturated heterocycles. The SMILES string of the molecule is CN=C(NCC1(c2cccc(Cl)c2)CC1)NCC(C)(C)N1CCOCC1. The molecule has 2 fully saturated rings. The number of ether oxygens (including phenoxy) is 1. The van der Waals surface area contributed by atoms with Crippen LogP contribution in [0.25, 0.3) is 0 Å². The van der Waals surface area contributed by atoms with Gasteiger partial charge in [-0.2, -0.15) is 0 Å². The number of aliphatic imine (C=N–C) groups is 1. The molecular formula is C20H31ClN4O. The number of rotatable bonds is 6. The van der Waals surface area contributed by atoms with E-state index in [2.05, 4.69) is 46.5 Å². The Balaban J connectivity index is 1.52. The van der Waals surface area contributed by atoms with Crippen LogP contribution < -0.4 is 10.6 Å². The van der Waals surface area contributed by atoms with E-state index in [-0.39, 0.29) is 11.0 Å². The number of nitrogens with zero attached hydrogens (tertiary/aromatic N) is 2. The third-order valence-electron chi connectivity index (χ3n) is 5.66. The van der Waals surface area contributed by atoms with Gasteiger partial charge < -0.3 is 15.4 Å². The van der Waals surface area contributed by atoms with Gasteiger partial charge in [0.25, 0.3) is 0 Å². The first-order valence-electron chi connectivity index (χ1n) is 9.49. The molecule has 1 aliphatic heterocycles. The minimum Gasteiger partial charge on any atom is -0.379 e. The van der Waals surface area contributed by atoms with Crippen molar-refractivity contribution in [3.05, 3.63) is 34.9 Å². The van der Waals surface area contributed by atoms with Crippen molar-refractivity contribution in [3.63, 3.8) is 0 Å². The third kappa shape index (κ3) is 4.70. The van der Waals surface area contributed by atoms with Crippen LogP contribution in [-0.4, -0.2) is 62.8 Å². The largest absolute Gasteiger partial charge is 0.379 e. The summed E-state index contributed by atoms with van der Waals surface area (Å²) in [5, 5.41) is 7.83. The third-order valence-corrected chi connectivity index (χ3v) is 5.90. The number of guanidine groups is 1. The number of nitrogens with one attached hydrogen (secondary N) is 2. The van der Waals surface area contributed by atoms with Crippen LogP contribution in [0.1, 0.15) is 32.3 Å². The summed E-state index contributed by atoms with van der Waals surface area (Å²) in [5.74, 6) is 0.861. The topological polar surface area (TPSA) is 48.9 Å². The van der Waals surface area contributed by atoms with Crippen molar-refractivity contribution in [3.8, 4) is 0 Å². The number of halogens is 1. The molecule has 0 bridgehead atoms. The second-order valence-electron chi connectivity index (χ2n) is 7.98. The Hall–Kier alpha value is -1.30. The maximum absolute atomic E-state index is 6.17. The predicted molar refractivity (Wildman–Crippen MR) is 108 cm³/mol. The Labute approximate surface area is 162 Å². The van der Waals surface area contributed by atoms with E-state index >= 15 is 0 Å². The summed E-state index contributed by atoms with van der Waals surface area (Å²) >= 11 is 6.17. The Morgan fingerprint density at radius 3 is 2.62 bits per heavy atom. The van der Waals surface area contributed by atoms with Crippen LogP contribution in [-0.2, 0) is 10.2 Å². The molecule has 0 radical (unpaired) electrons. The van der Waals surface area contributed by atoms with Crippen molar-refractivity contribution in [1.29, 1.82) is 0 Å².